The molecule has 0 unspecified atom stereocenters. The smallest absolute Gasteiger partial charge is 0.229 e. The van der Waals surface area contributed by atoms with Gasteiger partial charge in [-0.2, -0.15) is 4.98 Å². The molecule has 3 aromatic rings. The van der Waals surface area contributed by atoms with Crippen LogP contribution in [0.1, 0.15) is 5.56 Å². The number of benzene rings is 2. The molecule has 4 nitrogen and oxygen atoms in total. The van der Waals surface area contributed by atoms with Crippen LogP contribution >= 0.6 is 0 Å². The van der Waals surface area contributed by atoms with Crippen molar-refractivity contribution in [1.82, 2.24) is 9.97 Å². The standard InChI is InChI=1S/C17H12F4N4/c18-11-4-2-1-3-10(11)9-23-14-7-8-22-17(25-14)24-13-6-5-12(19)15(20)16(13)21/h1-8H,9H2,(H2,22,23,24,25). The summed E-state index contributed by atoms with van der Waals surface area (Å²) in [6.45, 7) is 0.183. The number of aromatic nitrogens is 2. The highest BCUT2D eigenvalue weighted by molar-refractivity contribution is 5.55. The fourth-order valence-electron chi connectivity index (χ4n) is 2.09. The predicted octanol–water partition coefficient (Wildman–Crippen LogP) is 4.39. The average molecular weight is 348 g/mol. The van der Waals surface area contributed by atoms with Crippen LogP contribution in [0.2, 0.25) is 0 Å². The third-order valence-corrected chi connectivity index (χ3v) is 3.36. The topological polar surface area (TPSA) is 49.8 Å². The monoisotopic (exact) mass is 348 g/mol. The summed E-state index contributed by atoms with van der Waals surface area (Å²) in [7, 11) is 0. The van der Waals surface area contributed by atoms with E-state index < -0.39 is 17.5 Å². The molecule has 0 atom stereocenters. The first-order valence-electron chi connectivity index (χ1n) is 7.25. The van der Waals surface area contributed by atoms with E-state index in [2.05, 4.69) is 20.6 Å². The van der Waals surface area contributed by atoms with Crippen LogP contribution in [0.3, 0.4) is 0 Å². The Hall–Kier alpha value is -3.16. The van der Waals surface area contributed by atoms with Crippen molar-refractivity contribution in [1.29, 1.82) is 0 Å². The van der Waals surface area contributed by atoms with Crippen molar-refractivity contribution in [2.45, 2.75) is 6.54 Å². The molecule has 2 aromatic carbocycles. The fourth-order valence-corrected chi connectivity index (χ4v) is 2.09. The zero-order chi connectivity index (χ0) is 17.8. The summed E-state index contributed by atoms with van der Waals surface area (Å²) in [6, 6.07) is 9.63. The van der Waals surface area contributed by atoms with Crippen molar-refractivity contribution in [3.63, 3.8) is 0 Å². The van der Waals surface area contributed by atoms with E-state index in [9.17, 15) is 17.6 Å². The zero-order valence-electron chi connectivity index (χ0n) is 12.7. The highest BCUT2D eigenvalue weighted by Crippen LogP contribution is 2.22. The lowest BCUT2D eigenvalue weighted by atomic mass is 10.2. The van der Waals surface area contributed by atoms with E-state index in [1.54, 1.807) is 18.2 Å². The normalized spacial score (nSPS) is 10.6. The number of halogens is 4. The second kappa shape index (κ2) is 7.16. The molecule has 0 aliphatic carbocycles. The number of nitrogens with zero attached hydrogens (tertiary/aromatic N) is 2. The maximum Gasteiger partial charge on any atom is 0.229 e. The molecule has 0 radical (unpaired) electrons. The first kappa shape index (κ1) is 16.7. The van der Waals surface area contributed by atoms with Crippen LogP contribution in [0.15, 0.2) is 48.7 Å². The van der Waals surface area contributed by atoms with Gasteiger partial charge in [-0.3, -0.25) is 0 Å². The van der Waals surface area contributed by atoms with Crippen LogP contribution in [0.5, 0.6) is 0 Å². The molecule has 0 spiro atoms. The van der Waals surface area contributed by atoms with Crippen LogP contribution in [-0.4, -0.2) is 9.97 Å². The SMILES string of the molecule is Fc1ccccc1CNc1ccnc(Nc2ccc(F)c(F)c2F)n1. The molecule has 2 N–H and O–H groups in total. The van der Waals surface area contributed by atoms with Crippen LogP contribution < -0.4 is 10.6 Å². The molecule has 0 saturated carbocycles. The van der Waals surface area contributed by atoms with E-state index in [4.69, 9.17) is 0 Å². The van der Waals surface area contributed by atoms with Gasteiger partial charge in [-0.05, 0) is 24.3 Å². The van der Waals surface area contributed by atoms with Crippen molar-refractivity contribution >= 4 is 17.5 Å². The minimum absolute atomic E-state index is 0.0246. The Morgan fingerprint density at radius 2 is 1.64 bits per heavy atom. The minimum atomic E-state index is -1.58. The van der Waals surface area contributed by atoms with Gasteiger partial charge in [0.2, 0.25) is 5.95 Å². The molecule has 0 fully saturated rings. The molecule has 8 heteroatoms. The molecule has 128 valence electrons. The maximum atomic E-state index is 13.7. The number of anilines is 3. The third kappa shape index (κ3) is 3.85. The number of nitrogens with one attached hydrogen (secondary N) is 2. The maximum absolute atomic E-state index is 13.7. The molecule has 0 aliphatic rings. The van der Waals surface area contributed by atoms with Crippen molar-refractivity contribution in [2.24, 2.45) is 0 Å². The molecule has 1 aromatic heterocycles. The van der Waals surface area contributed by atoms with Crippen LogP contribution in [0.4, 0.5) is 35.0 Å². The summed E-state index contributed by atoms with van der Waals surface area (Å²) in [5, 5.41) is 5.38. The minimum Gasteiger partial charge on any atom is -0.366 e. The first-order chi connectivity index (χ1) is 12.0. The quantitative estimate of drug-likeness (QED) is 0.530. The molecule has 1 heterocycles. The van der Waals surface area contributed by atoms with Gasteiger partial charge in [-0.1, -0.05) is 18.2 Å². The molecule has 0 amide bonds. The van der Waals surface area contributed by atoms with E-state index in [0.717, 1.165) is 12.1 Å². The van der Waals surface area contributed by atoms with Crippen LogP contribution in [0, 0.1) is 23.3 Å². The molecule has 25 heavy (non-hydrogen) atoms. The number of hydrogen-bond acceptors (Lipinski definition) is 4. The molecular formula is C17H12F4N4. The Kier molecular flexibility index (Phi) is 4.78. The predicted molar refractivity (Wildman–Crippen MR) is 85.4 cm³/mol. The van der Waals surface area contributed by atoms with E-state index in [1.807, 2.05) is 0 Å². The molecule has 0 bridgehead atoms. The highest BCUT2D eigenvalue weighted by atomic mass is 19.2. The van der Waals surface area contributed by atoms with Gasteiger partial charge < -0.3 is 10.6 Å². The van der Waals surface area contributed by atoms with E-state index in [1.165, 1.54) is 18.3 Å². The van der Waals surface area contributed by atoms with Gasteiger partial charge in [-0.15, -0.1) is 0 Å². The van der Waals surface area contributed by atoms with E-state index >= 15 is 0 Å². The molecule has 0 aliphatic heterocycles. The number of hydrogen-bond donors (Lipinski definition) is 2. The summed E-state index contributed by atoms with van der Waals surface area (Å²) in [5.74, 6) is -4.27. The summed E-state index contributed by atoms with van der Waals surface area (Å²) in [6.07, 6.45) is 1.39. The summed E-state index contributed by atoms with van der Waals surface area (Å²) >= 11 is 0. The summed E-state index contributed by atoms with van der Waals surface area (Å²) < 4.78 is 53.4. The highest BCUT2D eigenvalue weighted by Gasteiger charge is 2.14. The lowest BCUT2D eigenvalue weighted by Crippen LogP contribution is -2.06. The van der Waals surface area contributed by atoms with Crippen molar-refractivity contribution in [2.75, 3.05) is 10.6 Å². The Labute approximate surface area is 140 Å². The third-order valence-electron chi connectivity index (χ3n) is 3.36. The van der Waals surface area contributed by atoms with Crippen molar-refractivity contribution in [3.05, 3.63) is 77.5 Å². The Balaban J connectivity index is 1.74. The van der Waals surface area contributed by atoms with Gasteiger partial charge in [0, 0.05) is 18.3 Å². The lowest BCUT2D eigenvalue weighted by Gasteiger charge is -2.10. The van der Waals surface area contributed by atoms with Crippen molar-refractivity contribution < 1.29 is 17.6 Å². The first-order valence-corrected chi connectivity index (χ1v) is 7.25. The lowest BCUT2D eigenvalue weighted by molar-refractivity contribution is 0.449. The summed E-state index contributed by atoms with van der Waals surface area (Å²) in [5.41, 5.74) is 0.146. The van der Waals surface area contributed by atoms with E-state index in [-0.39, 0.29) is 24.0 Å². The van der Waals surface area contributed by atoms with Gasteiger partial charge in [0.15, 0.2) is 17.5 Å². The van der Waals surface area contributed by atoms with Gasteiger partial charge >= 0.3 is 0 Å². The van der Waals surface area contributed by atoms with Gasteiger partial charge in [0.05, 0.1) is 5.69 Å². The Morgan fingerprint density at radius 3 is 2.44 bits per heavy atom. The average Bonchev–Trinajstić information content (AvgIpc) is 2.62. The van der Waals surface area contributed by atoms with Gasteiger partial charge in [-0.25, -0.2) is 22.5 Å². The Bertz CT molecular complexity index is 902. The molecule has 0 saturated heterocycles. The fraction of sp³-hybridized carbons (Fsp3) is 0.0588. The van der Waals surface area contributed by atoms with Gasteiger partial charge in [0.1, 0.15) is 11.6 Å². The van der Waals surface area contributed by atoms with Crippen LogP contribution in [-0.2, 0) is 6.54 Å². The van der Waals surface area contributed by atoms with Crippen molar-refractivity contribution in [3.8, 4) is 0 Å². The zero-order valence-corrected chi connectivity index (χ0v) is 12.7. The van der Waals surface area contributed by atoms with Gasteiger partial charge in [0.25, 0.3) is 0 Å². The van der Waals surface area contributed by atoms with E-state index in [0.29, 0.717) is 11.4 Å². The number of rotatable bonds is 5. The van der Waals surface area contributed by atoms with Crippen LogP contribution in [0.25, 0.3) is 0 Å². The Morgan fingerprint density at radius 1 is 0.840 bits per heavy atom. The second-order valence-corrected chi connectivity index (χ2v) is 5.06. The second-order valence-electron chi connectivity index (χ2n) is 5.06. The summed E-state index contributed by atoms with van der Waals surface area (Å²) in [4.78, 5) is 7.95. The largest absolute Gasteiger partial charge is 0.366 e. The molecular weight excluding hydrogens is 336 g/mol. The molecule has 3 rings (SSSR count).